The molecular formula is C13H18N4O. The molecule has 0 radical (unpaired) electrons. The molecule has 1 heterocycles. The van der Waals surface area contributed by atoms with E-state index in [1.807, 2.05) is 30.5 Å². The van der Waals surface area contributed by atoms with Crippen molar-refractivity contribution in [2.75, 3.05) is 25.0 Å². The number of nitrogens with zero attached hydrogens (tertiary/aromatic N) is 2. The van der Waals surface area contributed by atoms with Gasteiger partial charge in [0.15, 0.2) is 0 Å². The van der Waals surface area contributed by atoms with E-state index in [4.69, 9.17) is 5.11 Å². The van der Waals surface area contributed by atoms with Crippen LogP contribution in [-0.4, -0.2) is 40.8 Å². The number of hydrogen-bond donors (Lipinski definition) is 3. The number of aliphatic hydroxyl groups excluding tert-OH is 1. The minimum absolute atomic E-state index is 0.318. The molecule has 0 aliphatic heterocycles. The van der Waals surface area contributed by atoms with Crippen molar-refractivity contribution in [3.8, 4) is 0 Å². The minimum atomic E-state index is -0.318. The maximum atomic E-state index is 9.08. The maximum Gasteiger partial charge on any atom is 0.223 e. The number of anilines is 1. The molecule has 0 aliphatic carbocycles. The monoisotopic (exact) mass is 246 g/mol. The van der Waals surface area contributed by atoms with Gasteiger partial charge in [-0.25, -0.2) is 9.97 Å². The fraction of sp³-hybridized carbons (Fsp3) is 0.385. The van der Waals surface area contributed by atoms with Gasteiger partial charge in [0.1, 0.15) is 0 Å². The Kier molecular flexibility index (Phi) is 4.44. The number of fused-ring (bicyclic) bond motifs is 1. The smallest absolute Gasteiger partial charge is 0.223 e. The molecule has 18 heavy (non-hydrogen) atoms. The fourth-order valence-electron chi connectivity index (χ4n) is 1.63. The number of nitrogens with one attached hydrogen (secondary N) is 2. The molecule has 1 aromatic carbocycles. The molecule has 1 atom stereocenters. The Balaban J connectivity index is 1.84. The van der Waals surface area contributed by atoms with Gasteiger partial charge in [0.2, 0.25) is 5.95 Å². The predicted octanol–water partition coefficient (Wildman–Crippen LogP) is 1.01. The molecule has 0 amide bonds. The molecule has 0 aliphatic rings. The predicted molar refractivity (Wildman–Crippen MR) is 72.6 cm³/mol. The first-order valence-corrected chi connectivity index (χ1v) is 6.10. The van der Waals surface area contributed by atoms with E-state index in [-0.39, 0.29) is 6.10 Å². The van der Waals surface area contributed by atoms with E-state index in [0.717, 1.165) is 24.0 Å². The third-order valence-electron chi connectivity index (χ3n) is 2.51. The highest BCUT2D eigenvalue weighted by Crippen LogP contribution is 2.11. The van der Waals surface area contributed by atoms with Crippen LogP contribution in [0.2, 0.25) is 0 Å². The van der Waals surface area contributed by atoms with Gasteiger partial charge < -0.3 is 15.7 Å². The van der Waals surface area contributed by atoms with Crippen LogP contribution >= 0.6 is 0 Å². The van der Waals surface area contributed by atoms with Crippen LogP contribution in [0.3, 0.4) is 0 Å². The van der Waals surface area contributed by atoms with Crippen LogP contribution in [0.1, 0.15) is 6.92 Å². The lowest BCUT2D eigenvalue weighted by Gasteiger charge is -2.08. The maximum absolute atomic E-state index is 9.08. The van der Waals surface area contributed by atoms with Gasteiger partial charge in [0, 0.05) is 31.2 Å². The van der Waals surface area contributed by atoms with Gasteiger partial charge in [-0.2, -0.15) is 0 Å². The van der Waals surface area contributed by atoms with Gasteiger partial charge in [-0.1, -0.05) is 18.2 Å². The molecule has 0 bridgehead atoms. The number of benzene rings is 1. The first-order chi connectivity index (χ1) is 8.75. The topological polar surface area (TPSA) is 70.1 Å². The highest BCUT2D eigenvalue weighted by Gasteiger charge is 1.98. The van der Waals surface area contributed by atoms with E-state index in [0.29, 0.717) is 12.5 Å². The van der Waals surface area contributed by atoms with Crippen molar-refractivity contribution in [3.05, 3.63) is 30.5 Å². The Morgan fingerprint density at radius 1 is 1.28 bits per heavy atom. The molecule has 1 aromatic heterocycles. The zero-order valence-electron chi connectivity index (χ0n) is 10.4. The van der Waals surface area contributed by atoms with Crippen molar-refractivity contribution in [2.24, 2.45) is 0 Å². The summed E-state index contributed by atoms with van der Waals surface area (Å²) in [4.78, 5) is 8.65. The van der Waals surface area contributed by atoms with Gasteiger partial charge >= 0.3 is 0 Å². The molecule has 3 N–H and O–H groups in total. The van der Waals surface area contributed by atoms with Gasteiger partial charge in [-0.3, -0.25) is 0 Å². The summed E-state index contributed by atoms with van der Waals surface area (Å²) >= 11 is 0. The molecule has 96 valence electrons. The lowest BCUT2D eigenvalue weighted by molar-refractivity contribution is 0.192. The lowest BCUT2D eigenvalue weighted by atomic mass is 10.2. The molecular weight excluding hydrogens is 228 g/mol. The molecule has 5 nitrogen and oxygen atoms in total. The minimum Gasteiger partial charge on any atom is -0.392 e. The van der Waals surface area contributed by atoms with E-state index >= 15 is 0 Å². The summed E-state index contributed by atoms with van der Waals surface area (Å²) < 4.78 is 0. The Labute approximate surface area is 106 Å². The summed E-state index contributed by atoms with van der Waals surface area (Å²) in [5.41, 5.74) is 0.937. The molecule has 0 fully saturated rings. The highest BCUT2D eigenvalue weighted by molar-refractivity contribution is 5.78. The van der Waals surface area contributed by atoms with Crippen molar-refractivity contribution < 1.29 is 5.11 Å². The average Bonchev–Trinajstić information content (AvgIpc) is 2.38. The largest absolute Gasteiger partial charge is 0.392 e. The van der Waals surface area contributed by atoms with E-state index in [2.05, 4.69) is 20.6 Å². The standard InChI is InChI=1S/C13H18N4O/c1-10(18)8-14-6-7-15-13-16-9-11-4-2-3-5-12(11)17-13/h2-5,9-10,14,18H,6-8H2,1H3,(H,15,16,17). The molecule has 0 saturated carbocycles. The number of hydrogen-bond acceptors (Lipinski definition) is 5. The molecule has 2 aromatic rings. The molecule has 5 heteroatoms. The number of rotatable bonds is 6. The van der Waals surface area contributed by atoms with Gasteiger partial charge in [0.05, 0.1) is 11.6 Å². The fourth-order valence-corrected chi connectivity index (χ4v) is 1.63. The molecule has 0 saturated heterocycles. The van der Waals surface area contributed by atoms with Crippen molar-refractivity contribution in [1.82, 2.24) is 15.3 Å². The second kappa shape index (κ2) is 6.28. The summed E-state index contributed by atoms with van der Waals surface area (Å²) in [5, 5.41) is 16.4. The van der Waals surface area contributed by atoms with Crippen LogP contribution < -0.4 is 10.6 Å². The van der Waals surface area contributed by atoms with E-state index in [1.165, 1.54) is 0 Å². The highest BCUT2D eigenvalue weighted by atomic mass is 16.3. The van der Waals surface area contributed by atoms with E-state index in [1.54, 1.807) is 6.92 Å². The number of para-hydroxylation sites is 1. The first-order valence-electron chi connectivity index (χ1n) is 6.10. The van der Waals surface area contributed by atoms with Crippen molar-refractivity contribution in [1.29, 1.82) is 0 Å². The SMILES string of the molecule is CC(O)CNCCNc1ncc2ccccc2n1. The van der Waals surface area contributed by atoms with E-state index in [9.17, 15) is 0 Å². The van der Waals surface area contributed by atoms with E-state index < -0.39 is 0 Å². The van der Waals surface area contributed by atoms with Crippen LogP contribution in [0.5, 0.6) is 0 Å². The second-order valence-corrected chi connectivity index (χ2v) is 4.23. The zero-order valence-corrected chi connectivity index (χ0v) is 10.4. The van der Waals surface area contributed by atoms with Crippen LogP contribution in [-0.2, 0) is 0 Å². The molecule has 1 unspecified atom stereocenters. The first kappa shape index (κ1) is 12.7. The Morgan fingerprint density at radius 3 is 2.94 bits per heavy atom. The summed E-state index contributed by atoms with van der Waals surface area (Å²) in [5.74, 6) is 0.632. The Morgan fingerprint density at radius 2 is 2.11 bits per heavy atom. The second-order valence-electron chi connectivity index (χ2n) is 4.23. The summed E-state index contributed by atoms with van der Waals surface area (Å²) in [6.45, 7) is 3.85. The van der Waals surface area contributed by atoms with Crippen molar-refractivity contribution in [3.63, 3.8) is 0 Å². The zero-order chi connectivity index (χ0) is 12.8. The van der Waals surface area contributed by atoms with Gasteiger partial charge in [0.25, 0.3) is 0 Å². The quantitative estimate of drug-likeness (QED) is 0.664. The van der Waals surface area contributed by atoms with Gasteiger partial charge in [-0.05, 0) is 13.0 Å². The molecule has 0 spiro atoms. The Hall–Kier alpha value is -1.72. The van der Waals surface area contributed by atoms with Crippen LogP contribution in [0.15, 0.2) is 30.5 Å². The summed E-state index contributed by atoms with van der Waals surface area (Å²) in [6, 6.07) is 7.89. The van der Waals surface area contributed by atoms with Crippen molar-refractivity contribution in [2.45, 2.75) is 13.0 Å². The van der Waals surface area contributed by atoms with Gasteiger partial charge in [-0.15, -0.1) is 0 Å². The lowest BCUT2D eigenvalue weighted by Crippen LogP contribution is -2.29. The summed E-state index contributed by atoms with van der Waals surface area (Å²) in [7, 11) is 0. The average molecular weight is 246 g/mol. The summed E-state index contributed by atoms with van der Waals surface area (Å²) in [6.07, 6.45) is 1.50. The van der Waals surface area contributed by atoms with Crippen LogP contribution in [0.25, 0.3) is 10.9 Å². The third kappa shape index (κ3) is 3.65. The van der Waals surface area contributed by atoms with Crippen molar-refractivity contribution >= 4 is 16.9 Å². The number of aromatic nitrogens is 2. The molecule has 2 rings (SSSR count). The Bertz CT molecular complexity index is 501. The van der Waals surface area contributed by atoms with Crippen LogP contribution in [0.4, 0.5) is 5.95 Å². The number of aliphatic hydroxyl groups is 1. The van der Waals surface area contributed by atoms with Crippen LogP contribution in [0, 0.1) is 0 Å². The normalized spacial score (nSPS) is 12.6. The third-order valence-corrected chi connectivity index (χ3v) is 2.51.